The van der Waals surface area contributed by atoms with Gasteiger partial charge in [-0.25, -0.2) is 0 Å². The first-order chi connectivity index (χ1) is 9.95. The lowest BCUT2D eigenvalue weighted by Crippen LogP contribution is -2.42. The van der Waals surface area contributed by atoms with Gasteiger partial charge in [0, 0.05) is 12.6 Å². The van der Waals surface area contributed by atoms with Crippen molar-refractivity contribution in [1.29, 1.82) is 0 Å². The van der Waals surface area contributed by atoms with Crippen LogP contribution in [0.2, 0.25) is 0 Å². The zero-order valence-corrected chi connectivity index (χ0v) is 13.1. The highest BCUT2D eigenvalue weighted by atomic mass is 16.5. The molecule has 0 bridgehead atoms. The van der Waals surface area contributed by atoms with Crippen LogP contribution in [-0.4, -0.2) is 34.7 Å². The molecule has 1 saturated heterocycles. The SMILES string of the molecule is CC(C)Oc1cccc(CN2CCC(C(=O)O)CC2C)c1. The van der Waals surface area contributed by atoms with Gasteiger partial charge in [0.2, 0.25) is 0 Å². The molecule has 0 aliphatic carbocycles. The number of hydrogen-bond donors (Lipinski definition) is 1. The van der Waals surface area contributed by atoms with Gasteiger partial charge in [-0.3, -0.25) is 9.69 Å². The molecular weight excluding hydrogens is 266 g/mol. The second kappa shape index (κ2) is 6.94. The largest absolute Gasteiger partial charge is 0.491 e. The van der Waals surface area contributed by atoms with Gasteiger partial charge in [-0.05, 0) is 57.9 Å². The van der Waals surface area contributed by atoms with Crippen LogP contribution in [0.4, 0.5) is 0 Å². The maximum absolute atomic E-state index is 11.1. The minimum atomic E-state index is -0.658. The van der Waals surface area contributed by atoms with Crippen LogP contribution in [0, 0.1) is 5.92 Å². The third-order valence-corrected chi connectivity index (χ3v) is 4.02. The number of nitrogens with zero attached hydrogens (tertiary/aromatic N) is 1. The summed E-state index contributed by atoms with van der Waals surface area (Å²) in [7, 11) is 0. The second-order valence-electron chi connectivity index (χ2n) is 6.19. The van der Waals surface area contributed by atoms with Gasteiger partial charge in [0.25, 0.3) is 0 Å². The molecule has 1 fully saturated rings. The first kappa shape index (κ1) is 15.8. The minimum Gasteiger partial charge on any atom is -0.491 e. The van der Waals surface area contributed by atoms with Crippen molar-refractivity contribution in [1.82, 2.24) is 4.90 Å². The van der Waals surface area contributed by atoms with Gasteiger partial charge >= 0.3 is 5.97 Å². The fourth-order valence-corrected chi connectivity index (χ4v) is 2.90. The third kappa shape index (κ3) is 4.46. The monoisotopic (exact) mass is 291 g/mol. The van der Waals surface area contributed by atoms with Gasteiger partial charge in [-0.15, -0.1) is 0 Å². The summed E-state index contributed by atoms with van der Waals surface area (Å²) in [6.07, 6.45) is 1.64. The predicted molar refractivity (Wildman–Crippen MR) is 82.4 cm³/mol. The molecule has 0 aromatic heterocycles. The lowest BCUT2D eigenvalue weighted by molar-refractivity contribution is -0.144. The first-order valence-corrected chi connectivity index (χ1v) is 7.68. The van der Waals surface area contributed by atoms with Crippen LogP contribution in [0.1, 0.15) is 39.2 Å². The second-order valence-corrected chi connectivity index (χ2v) is 6.19. The van der Waals surface area contributed by atoms with Crippen LogP contribution in [0.3, 0.4) is 0 Å². The standard InChI is InChI=1S/C17H25NO3/c1-12(2)21-16-6-4-5-14(10-16)11-18-8-7-15(17(19)20)9-13(18)3/h4-6,10,12-13,15H,7-9,11H2,1-3H3,(H,19,20). The molecule has 2 atom stereocenters. The Kier molecular flexibility index (Phi) is 5.23. The molecule has 0 amide bonds. The molecule has 1 N–H and O–H groups in total. The number of ether oxygens (including phenoxy) is 1. The number of likely N-dealkylation sites (tertiary alicyclic amines) is 1. The van der Waals surface area contributed by atoms with Gasteiger partial charge in [0.1, 0.15) is 5.75 Å². The van der Waals surface area contributed by atoms with Gasteiger partial charge in [0.05, 0.1) is 12.0 Å². The molecule has 1 aromatic rings. The van der Waals surface area contributed by atoms with E-state index in [2.05, 4.69) is 24.0 Å². The van der Waals surface area contributed by atoms with E-state index in [9.17, 15) is 4.79 Å². The van der Waals surface area contributed by atoms with Crippen LogP contribution in [0.25, 0.3) is 0 Å². The summed E-state index contributed by atoms with van der Waals surface area (Å²) < 4.78 is 5.72. The Hall–Kier alpha value is -1.55. The molecule has 4 nitrogen and oxygen atoms in total. The summed E-state index contributed by atoms with van der Waals surface area (Å²) in [6.45, 7) is 7.84. The smallest absolute Gasteiger partial charge is 0.306 e. The van der Waals surface area contributed by atoms with Crippen molar-refractivity contribution in [3.63, 3.8) is 0 Å². The summed E-state index contributed by atoms with van der Waals surface area (Å²) >= 11 is 0. The lowest BCUT2D eigenvalue weighted by atomic mass is 9.91. The van der Waals surface area contributed by atoms with Crippen LogP contribution < -0.4 is 4.74 Å². The van der Waals surface area contributed by atoms with E-state index in [1.165, 1.54) is 5.56 Å². The normalized spacial score (nSPS) is 23.2. The summed E-state index contributed by atoms with van der Waals surface area (Å²) in [5.74, 6) is 0.0521. The van der Waals surface area contributed by atoms with E-state index in [-0.39, 0.29) is 12.0 Å². The van der Waals surface area contributed by atoms with E-state index in [4.69, 9.17) is 9.84 Å². The Labute approximate surface area is 126 Å². The van der Waals surface area contributed by atoms with Crippen molar-refractivity contribution >= 4 is 5.97 Å². The van der Waals surface area contributed by atoms with E-state index in [1.54, 1.807) is 0 Å². The Morgan fingerprint density at radius 3 is 2.86 bits per heavy atom. The van der Waals surface area contributed by atoms with Gasteiger partial charge in [-0.1, -0.05) is 12.1 Å². The van der Waals surface area contributed by atoms with Crippen LogP contribution in [0.15, 0.2) is 24.3 Å². The molecule has 2 rings (SSSR count). The Morgan fingerprint density at radius 2 is 2.24 bits per heavy atom. The Bertz CT molecular complexity index is 487. The first-order valence-electron chi connectivity index (χ1n) is 7.68. The molecule has 0 spiro atoms. The summed E-state index contributed by atoms with van der Waals surface area (Å²) in [6, 6.07) is 8.47. The number of aliphatic carboxylic acids is 1. The maximum atomic E-state index is 11.1. The minimum absolute atomic E-state index is 0.172. The summed E-state index contributed by atoms with van der Waals surface area (Å²) in [4.78, 5) is 13.4. The number of rotatable bonds is 5. The van der Waals surface area contributed by atoms with E-state index in [0.29, 0.717) is 6.04 Å². The van der Waals surface area contributed by atoms with Crippen LogP contribution >= 0.6 is 0 Å². The summed E-state index contributed by atoms with van der Waals surface area (Å²) in [5.41, 5.74) is 1.22. The Balaban J connectivity index is 1.97. The molecule has 2 unspecified atom stereocenters. The van der Waals surface area contributed by atoms with Gasteiger partial charge in [0.15, 0.2) is 0 Å². The quantitative estimate of drug-likeness (QED) is 0.905. The van der Waals surface area contributed by atoms with Crippen molar-refractivity contribution < 1.29 is 14.6 Å². The Morgan fingerprint density at radius 1 is 1.48 bits per heavy atom. The number of carbonyl (C=O) groups is 1. The van der Waals surface area contributed by atoms with Crippen molar-refractivity contribution in [3.8, 4) is 5.75 Å². The fourth-order valence-electron chi connectivity index (χ4n) is 2.90. The molecule has 4 heteroatoms. The summed E-state index contributed by atoms with van der Waals surface area (Å²) in [5, 5.41) is 9.12. The molecule has 1 heterocycles. The van der Waals surface area contributed by atoms with Crippen LogP contribution in [-0.2, 0) is 11.3 Å². The highest BCUT2D eigenvalue weighted by molar-refractivity contribution is 5.70. The molecule has 1 aliphatic rings. The van der Waals surface area contributed by atoms with Crippen molar-refractivity contribution in [2.75, 3.05) is 6.54 Å². The number of piperidine rings is 1. The van der Waals surface area contributed by atoms with Gasteiger partial charge in [-0.2, -0.15) is 0 Å². The van der Waals surface area contributed by atoms with Crippen molar-refractivity contribution in [3.05, 3.63) is 29.8 Å². The number of benzene rings is 1. The van der Waals surface area contributed by atoms with E-state index < -0.39 is 5.97 Å². The lowest BCUT2D eigenvalue weighted by Gasteiger charge is -2.36. The molecule has 0 saturated carbocycles. The highest BCUT2D eigenvalue weighted by Gasteiger charge is 2.29. The maximum Gasteiger partial charge on any atom is 0.306 e. The van der Waals surface area contributed by atoms with Crippen molar-refractivity contribution in [2.24, 2.45) is 5.92 Å². The van der Waals surface area contributed by atoms with Gasteiger partial charge < -0.3 is 9.84 Å². The average Bonchev–Trinajstić information content (AvgIpc) is 2.40. The molecular formula is C17H25NO3. The van der Waals surface area contributed by atoms with E-state index in [1.807, 2.05) is 26.0 Å². The van der Waals surface area contributed by atoms with Crippen LogP contribution in [0.5, 0.6) is 5.75 Å². The zero-order chi connectivity index (χ0) is 15.4. The van der Waals surface area contributed by atoms with E-state index >= 15 is 0 Å². The predicted octanol–water partition coefficient (Wildman–Crippen LogP) is 3.16. The third-order valence-electron chi connectivity index (χ3n) is 4.02. The number of hydrogen-bond acceptors (Lipinski definition) is 3. The average molecular weight is 291 g/mol. The fraction of sp³-hybridized carbons (Fsp3) is 0.588. The van der Waals surface area contributed by atoms with Crippen molar-refractivity contribution in [2.45, 2.75) is 52.3 Å². The molecule has 21 heavy (non-hydrogen) atoms. The molecule has 1 aromatic carbocycles. The molecule has 0 radical (unpaired) electrons. The number of carboxylic acids is 1. The topological polar surface area (TPSA) is 49.8 Å². The molecule has 1 aliphatic heterocycles. The zero-order valence-electron chi connectivity index (χ0n) is 13.1. The molecule has 116 valence electrons. The highest BCUT2D eigenvalue weighted by Crippen LogP contribution is 2.25. The van der Waals surface area contributed by atoms with E-state index in [0.717, 1.165) is 31.7 Å². The number of carboxylic acid groups (broad SMARTS) is 1.